The maximum Gasteiger partial charge on any atom is 0.342 e. The number of carboxylic acids is 1. The van der Waals surface area contributed by atoms with Crippen molar-refractivity contribution >= 4 is 47.4 Å². The number of aromatic carboxylic acids is 1. The smallest absolute Gasteiger partial charge is 0.342 e. The molecule has 25 heavy (non-hydrogen) atoms. The molecule has 0 bridgehead atoms. The number of nitro groups is 1. The molecule has 1 unspecified atom stereocenters. The van der Waals surface area contributed by atoms with Crippen LogP contribution in [0, 0.1) is 10.1 Å². The fourth-order valence-electron chi connectivity index (χ4n) is 2.16. The van der Waals surface area contributed by atoms with Crippen LogP contribution in [-0.2, 0) is 5.31 Å². The van der Waals surface area contributed by atoms with E-state index < -0.39 is 22.1 Å². The van der Waals surface area contributed by atoms with Gasteiger partial charge in [0.05, 0.1) is 4.92 Å². The summed E-state index contributed by atoms with van der Waals surface area (Å²) >= 11 is 2.36. The number of nitrogens with zero attached hydrogens (tertiary/aromatic N) is 1. The van der Waals surface area contributed by atoms with Gasteiger partial charge < -0.3 is 9.84 Å². The zero-order valence-electron chi connectivity index (χ0n) is 13.6. The van der Waals surface area contributed by atoms with E-state index in [0.717, 1.165) is 17.7 Å². The van der Waals surface area contributed by atoms with Gasteiger partial charge in [-0.2, -0.15) is 9.12 Å². The van der Waals surface area contributed by atoms with Crippen molar-refractivity contribution in [3.63, 3.8) is 0 Å². The minimum atomic E-state index is -1.37. The second-order valence-electron chi connectivity index (χ2n) is 5.99. The highest BCUT2D eigenvalue weighted by Crippen LogP contribution is 2.34. The largest absolute Gasteiger partial charge is 0.477 e. The Balaban J connectivity index is 2.27. The Morgan fingerprint density at radius 1 is 1.24 bits per heavy atom. The number of nitro benzene ring substituents is 1. The molecule has 2 aromatic carbocycles. The summed E-state index contributed by atoms with van der Waals surface area (Å²) in [5, 5.41) is 20.0. The number of rotatable bonds is 6. The van der Waals surface area contributed by atoms with Gasteiger partial charge in [0, 0.05) is 12.1 Å². The summed E-state index contributed by atoms with van der Waals surface area (Å²) in [6.45, 7) is 4.28. The molecule has 0 saturated heterocycles. The van der Waals surface area contributed by atoms with E-state index >= 15 is 0 Å². The van der Waals surface area contributed by atoms with Crippen LogP contribution in [-0.4, -0.2) is 20.3 Å². The Kier molecular flexibility index (Phi) is 6.05. The van der Waals surface area contributed by atoms with Crippen molar-refractivity contribution in [2.24, 2.45) is 0 Å². The molecule has 0 amide bonds. The Labute approximate surface area is 161 Å². The molecule has 6 nitrogen and oxygen atoms in total. The SMILES string of the molecule is CC(C)(B(P)I)c1ccc(Oc2ccc([N+](=O)[O-])c(C(=O)O)c2)cc1. The second-order valence-corrected chi connectivity index (χ2v) is 9.36. The van der Waals surface area contributed by atoms with Crippen LogP contribution in [0.25, 0.3) is 0 Å². The van der Waals surface area contributed by atoms with Crippen molar-refractivity contribution in [2.45, 2.75) is 19.2 Å². The van der Waals surface area contributed by atoms with Crippen LogP contribution in [0.2, 0.25) is 0 Å². The Morgan fingerprint density at radius 2 is 1.80 bits per heavy atom. The van der Waals surface area contributed by atoms with Crippen LogP contribution in [0.4, 0.5) is 5.69 Å². The molecular weight excluding hydrogens is 455 g/mol. The van der Waals surface area contributed by atoms with E-state index in [9.17, 15) is 14.9 Å². The molecule has 2 rings (SSSR count). The highest BCUT2D eigenvalue weighted by Gasteiger charge is 2.29. The predicted octanol–water partition coefficient (Wildman–Crippen LogP) is 4.70. The van der Waals surface area contributed by atoms with Gasteiger partial charge in [-0.1, -0.05) is 26.0 Å². The van der Waals surface area contributed by atoms with Gasteiger partial charge in [0.1, 0.15) is 17.1 Å². The summed E-state index contributed by atoms with van der Waals surface area (Å²) in [7, 11) is 2.79. The van der Waals surface area contributed by atoms with Crippen molar-refractivity contribution in [1.82, 2.24) is 0 Å². The molecule has 0 aliphatic rings. The Morgan fingerprint density at radius 3 is 2.28 bits per heavy atom. The lowest BCUT2D eigenvalue weighted by Crippen LogP contribution is -2.28. The number of halogens is 1. The third-order valence-corrected chi connectivity index (χ3v) is 6.31. The molecule has 0 saturated carbocycles. The molecule has 0 aliphatic carbocycles. The minimum absolute atomic E-state index is 0.0341. The van der Waals surface area contributed by atoms with Gasteiger partial charge in [0.15, 0.2) is 0 Å². The maximum atomic E-state index is 11.2. The topological polar surface area (TPSA) is 89.7 Å². The van der Waals surface area contributed by atoms with Crippen LogP contribution in [0.1, 0.15) is 29.8 Å². The normalized spacial score (nSPS) is 11.0. The van der Waals surface area contributed by atoms with Gasteiger partial charge in [0.25, 0.3) is 5.69 Å². The zero-order chi connectivity index (χ0) is 18.8. The summed E-state index contributed by atoms with van der Waals surface area (Å²) < 4.78 is 5.99. The average molecular weight is 471 g/mol. The number of ether oxygens (including phenoxy) is 1. The minimum Gasteiger partial charge on any atom is -0.477 e. The van der Waals surface area contributed by atoms with E-state index in [1.54, 1.807) is 12.1 Å². The molecule has 0 radical (unpaired) electrons. The van der Waals surface area contributed by atoms with Crippen molar-refractivity contribution in [3.05, 3.63) is 63.7 Å². The number of hydrogen-bond acceptors (Lipinski definition) is 4. The standard InChI is InChI=1S/C16H16BINO5P/c1-16(2,17(18)25)10-3-5-11(6-4-10)24-12-7-8-14(19(22)23)13(9-12)15(20)21/h3-9H,25H2,1-2H3,(H,20,21). The van der Waals surface area contributed by atoms with Crippen LogP contribution < -0.4 is 4.74 Å². The summed E-state index contributed by atoms with van der Waals surface area (Å²) in [5.41, 5.74) is 0.269. The third kappa shape index (κ3) is 4.49. The third-order valence-electron chi connectivity index (χ3n) is 3.92. The molecule has 1 atom stereocenters. The molecule has 0 aromatic heterocycles. The lowest BCUT2D eigenvalue weighted by atomic mass is 9.66. The van der Waals surface area contributed by atoms with Gasteiger partial charge in [-0.25, -0.2) is 4.79 Å². The number of carbonyl (C=O) groups is 1. The van der Waals surface area contributed by atoms with E-state index in [2.05, 4.69) is 45.3 Å². The van der Waals surface area contributed by atoms with Crippen LogP contribution in [0.5, 0.6) is 11.5 Å². The van der Waals surface area contributed by atoms with Crippen molar-refractivity contribution in [3.8, 4) is 11.5 Å². The van der Waals surface area contributed by atoms with E-state index in [-0.39, 0.29) is 11.1 Å². The Hall–Kier alpha value is -1.67. The van der Waals surface area contributed by atoms with Gasteiger partial charge >= 0.3 is 5.97 Å². The molecular formula is C16H16BINO5P. The summed E-state index contributed by atoms with van der Waals surface area (Å²) in [5.74, 6) is -0.617. The predicted molar refractivity (Wildman–Crippen MR) is 109 cm³/mol. The maximum absolute atomic E-state index is 11.2. The number of benzene rings is 2. The van der Waals surface area contributed by atoms with E-state index in [1.165, 1.54) is 6.07 Å². The first kappa shape index (κ1) is 19.7. The lowest BCUT2D eigenvalue weighted by molar-refractivity contribution is -0.385. The van der Waals surface area contributed by atoms with E-state index in [0.29, 0.717) is 10.0 Å². The highest BCUT2D eigenvalue weighted by molar-refractivity contribution is 14.1. The first-order valence-corrected chi connectivity index (χ1v) is 9.24. The molecule has 2 aromatic rings. The molecule has 130 valence electrons. The molecule has 0 aliphatic heterocycles. The monoisotopic (exact) mass is 471 g/mol. The van der Waals surface area contributed by atoms with Crippen molar-refractivity contribution < 1.29 is 19.6 Å². The first-order chi connectivity index (χ1) is 11.6. The Bertz CT molecular complexity index is 811. The van der Waals surface area contributed by atoms with Gasteiger partial charge in [-0.05, 0) is 29.1 Å². The van der Waals surface area contributed by atoms with Crippen molar-refractivity contribution in [2.75, 3.05) is 0 Å². The van der Waals surface area contributed by atoms with Crippen LogP contribution in [0.3, 0.4) is 0 Å². The second kappa shape index (κ2) is 7.70. The summed E-state index contributed by atoms with van der Waals surface area (Å²) in [4.78, 5) is 21.3. The van der Waals surface area contributed by atoms with E-state index in [1.807, 2.05) is 12.1 Å². The molecule has 1 N–H and O–H groups in total. The fraction of sp³-hybridized carbons (Fsp3) is 0.188. The average Bonchev–Trinajstić information content (AvgIpc) is 2.54. The highest BCUT2D eigenvalue weighted by atomic mass is 127. The lowest BCUT2D eigenvalue weighted by Gasteiger charge is -2.26. The molecule has 0 fully saturated rings. The van der Waals surface area contributed by atoms with Crippen LogP contribution >= 0.6 is 31.5 Å². The number of hydrogen-bond donors (Lipinski definition) is 1. The summed E-state index contributed by atoms with van der Waals surface area (Å²) in [6.07, 6.45) is 0. The van der Waals surface area contributed by atoms with Gasteiger partial charge in [-0.3, -0.25) is 10.1 Å². The van der Waals surface area contributed by atoms with Crippen molar-refractivity contribution in [1.29, 1.82) is 0 Å². The van der Waals surface area contributed by atoms with Gasteiger partial charge in [-0.15, -0.1) is 22.4 Å². The summed E-state index contributed by atoms with van der Waals surface area (Å²) in [6, 6.07) is 11.2. The zero-order valence-corrected chi connectivity index (χ0v) is 16.9. The molecule has 0 spiro atoms. The number of carboxylic acid groups (broad SMARTS) is 1. The first-order valence-electron chi connectivity index (χ1n) is 7.32. The molecule has 9 heteroatoms. The van der Waals surface area contributed by atoms with Crippen LogP contribution in [0.15, 0.2) is 42.5 Å². The fourth-order valence-corrected chi connectivity index (χ4v) is 2.71. The quantitative estimate of drug-likeness (QED) is 0.217. The van der Waals surface area contributed by atoms with Gasteiger partial charge in [0.2, 0.25) is 4.29 Å². The van der Waals surface area contributed by atoms with E-state index in [4.69, 9.17) is 9.84 Å². The molecule has 0 heterocycles.